The van der Waals surface area contributed by atoms with Crippen molar-refractivity contribution in [1.82, 2.24) is 5.01 Å². The molecule has 2 rings (SSSR count). The standard InChI is InChI=1S/C11H9F3N2OS/c1-16-10(17)6-9(15-16)7-2-4-8(5-3-7)18-11(12,13)14/h2-5H,6H2,1H3. The van der Waals surface area contributed by atoms with Gasteiger partial charge in [-0.2, -0.15) is 18.3 Å². The average Bonchev–Trinajstić information content (AvgIpc) is 2.58. The van der Waals surface area contributed by atoms with Gasteiger partial charge in [0.2, 0.25) is 5.91 Å². The highest BCUT2D eigenvalue weighted by molar-refractivity contribution is 8.00. The maximum absolute atomic E-state index is 12.1. The molecule has 18 heavy (non-hydrogen) atoms. The van der Waals surface area contributed by atoms with Crippen LogP contribution in [0.4, 0.5) is 13.2 Å². The van der Waals surface area contributed by atoms with Gasteiger partial charge in [-0.1, -0.05) is 12.1 Å². The van der Waals surface area contributed by atoms with Crippen LogP contribution in [0.3, 0.4) is 0 Å². The molecule has 0 radical (unpaired) electrons. The minimum Gasteiger partial charge on any atom is -0.273 e. The van der Waals surface area contributed by atoms with Crippen molar-refractivity contribution in [2.45, 2.75) is 16.8 Å². The first-order valence-corrected chi connectivity index (χ1v) is 5.87. The van der Waals surface area contributed by atoms with Crippen LogP contribution in [-0.4, -0.2) is 29.2 Å². The van der Waals surface area contributed by atoms with Gasteiger partial charge in [-0.25, -0.2) is 5.01 Å². The van der Waals surface area contributed by atoms with Crippen LogP contribution in [0.1, 0.15) is 12.0 Å². The van der Waals surface area contributed by atoms with Crippen molar-refractivity contribution in [3.05, 3.63) is 29.8 Å². The average molecular weight is 274 g/mol. The van der Waals surface area contributed by atoms with E-state index in [1.54, 1.807) is 19.2 Å². The number of nitrogens with zero attached hydrogens (tertiary/aromatic N) is 2. The summed E-state index contributed by atoms with van der Waals surface area (Å²) in [6.07, 6.45) is 0.183. The quantitative estimate of drug-likeness (QED) is 0.777. The van der Waals surface area contributed by atoms with E-state index in [1.165, 1.54) is 17.1 Å². The van der Waals surface area contributed by atoms with Crippen LogP contribution in [0.5, 0.6) is 0 Å². The van der Waals surface area contributed by atoms with Gasteiger partial charge in [0, 0.05) is 11.9 Å². The Morgan fingerprint density at radius 1 is 1.28 bits per heavy atom. The number of alkyl halides is 3. The first-order valence-electron chi connectivity index (χ1n) is 5.05. The Morgan fingerprint density at radius 2 is 1.89 bits per heavy atom. The SMILES string of the molecule is CN1N=C(c2ccc(SC(F)(F)F)cc2)CC1=O. The van der Waals surface area contributed by atoms with Gasteiger partial charge >= 0.3 is 5.51 Å². The molecule has 0 aliphatic carbocycles. The number of amides is 1. The second-order valence-electron chi connectivity index (χ2n) is 3.71. The highest BCUT2D eigenvalue weighted by Gasteiger charge is 2.29. The van der Waals surface area contributed by atoms with Crippen LogP contribution >= 0.6 is 11.8 Å². The summed E-state index contributed by atoms with van der Waals surface area (Å²) in [5, 5.41) is 5.25. The summed E-state index contributed by atoms with van der Waals surface area (Å²) in [4.78, 5) is 11.4. The van der Waals surface area contributed by atoms with E-state index in [1.807, 2.05) is 0 Å². The first kappa shape index (κ1) is 12.9. The summed E-state index contributed by atoms with van der Waals surface area (Å²) in [7, 11) is 1.54. The maximum atomic E-state index is 12.1. The molecule has 0 fully saturated rings. The van der Waals surface area contributed by atoms with E-state index in [2.05, 4.69) is 5.10 Å². The number of rotatable bonds is 2. The zero-order valence-electron chi connectivity index (χ0n) is 9.36. The fourth-order valence-corrected chi connectivity index (χ4v) is 2.08. The van der Waals surface area contributed by atoms with Crippen LogP contribution in [-0.2, 0) is 4.79 Å². The van der Waals surface area contributed by atoms with Crippen LogP contribution < -0.4 is 0 Å². The normalized spacial score (nSPS) is 16.1. The topological polar surface area (TPSA) is 32.7 Å². The minimum atomic E-state index is -4.29. The van der Waals surface area contributed by atoms with Gasteiger partial charge < -0.3 is 0 Å². The molecule has 0 spiro atoms. The molecule has 1 aromatic rings. The Hall–Kier alpha value is -1.50. The molecule has 1 amide bonds. The molecule has 1 aliphatic heterocycles. The second-order valence-corrected chi connectivity index (χ2v) is 4.85. The highest BCUT2D eigenvalue weighted by atomic mass is 32.2. The predicted octanol–water partition coefficient (Wildman–Crippen LogP) is 2.86. The third-order valence-corrected chi connectivity index (χ3v) is 3.11. The van der Waals surface area contributed by atoms with Crippen LogP contribution in [0.2, 0.25) is 0 Å². The molecule has 0 aromatic heterocycles. The third-order valence-electron chi connectivity index (χ3n) is 2.37. The lowest BCUT2D eigenvalue weighted by Crippen LogP contribution is -2.14. The Kier molecular flexibility index (Phi) is 3.34. The molecular formula is C11H9F3N2OS. The first-order chi connectivity index (χ1) is 8.35. The Morgan fingerprint density at radius 3 is 2.33 bits per heavy atom. The monoisotopic (exact) mass is 274 g/mol. The van der Waals surface area contributed by atoms with E-state index in [0.29, 0.717) is 11.3 Å². The van der Waals surface area contributed by atoms with Gasteiger partial charge in [-0.05, 0) is 29.5 Å². The van der Waals surface area contributed by atoms with Gasteiger partial charge in [0.25, 0.3) is 0 Å². The van der Waals surface area contributed by atoms with Gasteiger partial charge in [0.15, 0.2) is 0 Å². The molecule has 0 saturated carbocycles. The van der Waals surface area contributed by atoms with Crippen molar-refractivity contribution in [2.24, 2.45) is 5.10 Å². The van der Waals surface area contributed by atoms with Crippen LogP contribution in [0, 0.1) is 0 Å². The molecule has 7 heteroatoms. The molecular weight excluding hydrogens is 265 g/mol. The third kappa shape index (κ3) is 3.04. The molecule has 0 N–H and O–H groups in total. The minimum absolute atomic E-state index is 0.115. The number of thioether (sulfide) groups is 1. The number of halogens is 3. The smallest absolute Gasteiger partial charge is 0.273 e. The summed E-state index contributed by atoms with van der Waals surface area (Å²) in [5.74, 6) is -0.126. The number of hydrogen-bond acceptors (Lipinski definition) is 3. The van der Waals surface area contributed by atoms with Crippen LogP contribution in [0.25, 0.3) is 0 Å². The van der Waals surface area contributed by atoms with Crippen molar-refractivity contribution in [3.63, 3.8) is 0 Å². The summed E-state index contributed by atoms with van der Waals surface area (Å²) < 4.78 is 36.4. The molecule has 0 atom stereocenters. The Bertz CT molecular complexity index is 496. The number of carbonyl (C=O) groups excluding carboxylic acids is 1. The van der Waals surface area contributed by atoms with E-state index in [4.69, 9.17) is 0 Å². The molecule has 1 aliphatic rings. The molecule has 0 bridgehead atoms. The van der Waals surface area contributed by atoms with E-state index in [0.717, 1.165) is 0 Å². The molecule has 1 heterocycles. The Labute approximate surface area is 106 Å². The van der Waals surface area contributed by atoms with Crippen molar-refractivity contribution in [3.8, 4) is 0 Å². The fourth-order valence-electron chi connectivity index (χ4n) is 1.54. The number of hydrogen-bond donors (Lipinski definition) is 0. The second kappa shape index (κ2) is 4.64. The zero-order valence-corrected chi connectivity index (χ0v) is 10.2. The number of hydrazone groups is 1. The van der Waals surface area contributed by atoms with E-state index >= 15 is 0 Å². The highest BCUT2D eigenvalue weighted by Crippen LogP contribution is 2.36. The van der Waals surface area contributed by atoms with Crippen LogP contribution in [0.15, 0.2) is 34.3 Å². The van der Waals surface area contributed by atoms with E-state index < -0.39 is 5.51 Å². The maximum Gasteiger partial charge on any atom is 0.446 e. The largest absolute Gasteiger partial charge is 0.446 e. The lowest BCUT2D eigenvalue weighted by molar-refractivity contribution is -0.127. The molecule has 1 aromatic carbocycles. The lowest BCUT2D eigenvalue weighted by atomic mass is 10.1. The van der Waals surface area contributed by atoms with Gasteiger partial charge in [-0.3, -0.25) is 4.79 Å². The molecule has 0 unspecified atom stereocenters. The summed E-state index contributed by atoms with van der Waals surface area (Å²) in [6, 6.07) is 5.83. The van der Waals surface area contributed by atoms with Gasteiger partial charge in [0.05, 0.1) is 12.1 Å². The van der Waals surface area contributed by atoms with E-state index in [9.17, 15) is 18.0 Å². The Balaban J connectivity index is 2.14. The van der Waals surface area contributed by atoms with Crippen molar-refractivity contribution < 1.29 is 18.0 Å². The molecule has 0 saturated heterocycles. The predicted molar refractivity (Wildman–Crippen MR) is 62.3 cm³/mol. The summed E-state index contributed by atoms with van der Waals surface area (Å²) in [6.45, 7) is 0. The van der Waals surface area contributed by atoms with Crippen molar-refractivity contribution >= 4 is 23.4 Å². The number of benzene rings is 1. The molecule has 3 nitrogen and oxygen atoms in total. The van der Waals surface area contributed by atoms with E-state index in [-0.39, 0.29) is 29.0 Å². The number of carbonyl (C=O) groups is 1. The van der Waals surface area contributed by atoms with Crippen molar-refractivity contribution in [2.75, 3.05) is 7.05 Å². The lowest BCUT2D eigenvalue weighted by Gasteiger charge is -2.06. The molecule has 96 valence electrons. The summed E-state index contributed by atoms with van der Waals surface area (Å²) >= 11 is -0.164. The van der Waals surface area contributed by atoms with Gasteiger partial charge in [0.1, 0.15) is 0 Å². The summed E-state index contributed by atoms with van der Waals surface area (Å²) in [5.41, 5.74) is -3.05. The van der Waals surface area contributed by atoms with Gasteiger partial charge in [-0.15, -0.1) is 0 Å². The fraction of sp³-hybridized carbons (Fsp3) is 0.273. The van der Waals surface area contributed by atoms with Crippen molar-refractivity contribution in [1.29, 1.82) is 0 Å². The zero-order chi connectivity index (χ0) is 13.3.